The third-order valence-corrected chi connectivity index (χ3v) is 7.06. The van der Waals surface area contributed by atoms with E-state index in [-0.39, 0.29) is 35.4 Å². The van der Waals surface area contributed by atoms with Gasteiger partial charge in [0.2, 0.25) is 0 Å². The predicted molar refractivity (Wildman–Crippen MR) is 119 cm³/mol. The van der Waals surface area contributed by atoms with Crippen molar-refractivity contribution in [2.45, 2.75) is 68.0 Å². The van der Waals surface area contributed by atoms with Crippen LogP contribution in [0.15, 0.2) is 24.3 Å². The smallest absolute Gasteiger partial charge is 0.426 e. The molecule has 7 nitrogen and oxygen atoms in total. The molecule has 5 N–H and O–H groups in total. The molecule has 0 aliphatic heterocycles. The van der Waals surface area contributed by atoms with Crippen LogP contribution in [0, 0.1) is 0 Å². The second-order valence-corrected chi connectivity index (χ2v) is 8.47. The molecule has 3 fully saturated rings. The molecule has 1 aromatic carbocycles. The van der Waals surface area contributed by atoms with Gasteiger partial charge in [-0.3, -0.25) is 4.79 Å². The summed E-state index contributed by atoms with van der Waals surface area (Å²) in [7, 11) is 1.94. The van der Waals surface area contributed by atoms with Gasteiger partial charge in [0.15, 0.2) is 0 Å². The van der Waals surface area contributed by atoms with Crippen LogP contribution in [0.3, 0.4) is 0 Å². The number of amides is 1. The Labute approximate surface area is 185 Å². The molecule has 1 unspecified atom stereocenters. The van der Waals surface area contributed by atoms with Crippen molar-refractivity contribution < 1.29 is 24.3 Å². The van der Waals surface area contributed by atoms with Crippen LogP contribution in [0.2, 0.25) is 0 Å². The molecule has 3 aliphatic carbocycles. The van der Waals surface area contributed by atoms with Gasteiger partial charge in [-0.05, 0) is 62.8 Å². The summed E-state index contributed by atoms with van der Waals surface area (Å²) in [6, 6.07) is 7.64. The third kappa shape index (κ3) is 4.84. The number of carbonyl (C=O) groups excluding carboxylic acids is 1. The number of halogens is 1. The summed E-state index contributed by atoms with van der Waals surface area (Å²) < 4.78 is 11.7. The summed E-state index contributed by atoms with van der Waals surface area (Å²) in [4.78, 5) is 12.6. The van der Waals surface area contributed by atoms with Crippen molar-refractivity contribution in [2.24, 2.45) is 5.73 Å². The minimum Gasteiger partial charge on any atom is -0.426 e. The van der Waals surface area contributed by atoms with Crippen LogP contribution in [-0.2, 0) is 14.9 Å². The number of nitrogens with two attached hydrogens (primary N) is 1. The van der Waals surface area contributed by atoms with E-state index in [0.717, 1.165) is 32.1 Å². The van der Waals surface area contributed by atoms with Gasteiger partial charge in [0.1, 0.15) is 0 Å². The minimum atomic E-state index is -1.61. The number of ether oxygens (including phenoxy) is 2. The molecule has 168 valence electrons. The highest BCUT2D eigenvalue weighted by Crippen LogP contribution is 2.55. The van der Waals surface area contributed by atoms with Gasteiger partial charge in [0, 0.05) is 31.6 Å². The Kier molecular flexibility index (Phi) is 8.74. The molecule has 4 rings (SSSR count). The van der Waals surface area contributed by atoms with E-state index in [1.54, 1.807) is 14.2 Å². The normalized spacial score (nSPS) is 28.5. The van der Waals surface area contributed by atoms with Crippen LogP contribution in [0.4, 0.5) is 0 Å². The molecule has 3 aliphatic rings. The summed E-state index contributed by atoms with van der Waals surface area (Å²) in [5.74, 6) is -1.06. The van der Waals surface area contributed by atoms with Crippen LogP contribution < -0.4 is 11.1 Å². The number of carbonyl (C=O) groups is 1. The monoisotopic (exact) mass is 440 g/mol. The average Bonchev–Trinajstić information content (AvgIpc) is 2.76. The molecule has 3 saturated carbocycles. The molecular formula is C21H34BClN2O5. The molecule has 0 spiro atoms. The first kappa shape index (κ1) is 25.1. The van der Waals surface area contributed by atoms with Crippen molar-refractivity contribution >= 4 is 25.4 Å². The van der Waals surface area contributed by atoms with Crippen LogP contribution in [0.1, 0.15) is 60.9 Å². The maximum Gasteiger partial charge on any atom is 0.475 e. The van der Waals surface area contributed by atoms with Crippen LogP contribution in [0.5, 0.6) is 0 Å². The number of nitrogens with one attached hydrogen (secondary N) is 1. The molecule has 9 heteroatoms. The quantitative estimate of drug-likeness (QED) is 0.433. The highest BCUT2D eigenvalue weighted by atomic mass is 35.5. The fourth-order valence-corrected chi connectivity index (χ4v) is 5.12. The van der Waals surface area contributed by atoms with Crippen LogP contribution in [0.25, 0.3) is 0 Å². The van der Waals surface area contributed by atoms with E-state index in [2.05, 4.69) is 5.32 Å². The lowest BCUT2D eigenvalue weighted by Crippen LogP contribution is -2.58. The van der Waals surface area contributed by atoms with E-state index in [1.807, 2.05) is 24.3 Å². The van der Waals surface area contributed by atoms with Crippen molar-refractivity contribution in [1.29, 1.82) is 0 Å². The fraction of sp³-hybridized carbons (Fsp3) is 0.667. The van der Waals surface area contributed by atoms with Gasteiger partial charge < -0.3 is 30.6 Å². The maximum atomic E-state index is 12.6. The van der Waals surface area contributed by atoms with Gasteiger partial charge in [0.05, 0.1) is 17.6 Å². The Balaban J connectivity index is 0.00000320. The summed E-state index contributed by atoms with van der Waals surface area (Å²) >= 11 is 0. The first-order valence-corrected chi connectivity index (χ1v) is 10.5. The van der Waals surface area contributed by atoms with Crippen LogP contribution >= 0.6 is 12.4 Å². The van der Waals surface area contributed by atoms with Gasteiger partial charge >= 0.3 is 7.12 Å². The molecule has 0 saturated heterocycles. The summed E-state index contributed by atoms with van der Waals surface area (Å²) in [5, 5.41) is 21.7. The summed E-state index contributed by atoms with van der Waals surface area (Å²) in [5.41, 5.74) is 7.05. The number of fused-ring (bicyclic) bond motifs is 3. The van der Waals surface area contributed by atoms with E-state index < -0.39 is 13.1 Å². The lowest BCUT2D eigenvalue weighted by Gasteiger charge is -2.56. The summed E-state index contributed by atoms with van der Waals surface area (Å²) in [6.45, 7) is 0.431. The molecule has 30 heavy (non-hydrogen) atoms. The number of hydrogen-bond acceptors (Lipinski definition) is 6. The van der Waals surface area contributed by atoms with Crippen molar-refractivity contribution in [3.05, 3.63) is 35.4 Å². The molecule has 0 heterocycles. The van der Waals surface area contributed by atoms with E-state index >= 15 is 0 Å². The van der Waals surface area contributed by atoms with Gasteiger partial charge in [-0.1, -0.05) is 12.1 Å². The first-order chi connectivity index (χ1) is 13.9. The van der Waals surface area contributed by atoms with Gasteiger partial charge in [-0.25, -0.2) is 0 Å². The van der Waals surface area contributed by atoms with E-state index in [9.17, 15) is 14.8 Å². The number of methoxy groups -OCH3 is 2. The average molecular weight is 441 g/mol. The molecule has 0 radical (unpaired) electrons. The zero-order valence-electron chi connectivity index (χ0n) is 17.8. The van der Waals surface area contributed by atoms with Gasteiger partial charge in [0.25, 0.3) is 5.91 Å². The highest BCUT2D eigenvalue weighted by molar-refractivity contribution is 6.43. The summed E-state index contributed by atoms with van der Waals surface area (Å²) in [6.07, 6.45) is 6.04. The number of benzene rings is 1. The number of rotatable bonds is 9. The largest absolute Gasteiger partial charge is 0.475 e. The van der Waals surface area contributed by atoms with Crippen LogP contribution in [-0.4, -0.2) is 61.5 Å². The zero-order chi connectivity index (χ0) is 21.1. The molecule has 0 aromatic heterocycles. The second-order valence-electron chi connectivity index (χ2n) is 8.47. The lowest BCUT2D eigenvalue weighted by molar-refractivity contribution is -0.157. The first-order valence-electron chi connectivity index (χ1n) is 10.5. The molecular weight excluding hydrogens is 407 g/mol. The fourth-order valence-electron chi connectivity index (χ4n) is 5.12. The maximum absolute atomic E-state index is 12.6. The SMILES string of the molecule is COC1CC2(OC)CCC1(c1ccc(C(=O)N[C@@H](CCCN)B(O)O)cc1)CC2.Cl. The number of hydrogen-bond donors (Lipinski definition) is 4. The standard InChI is InChI=1S/C21H33BN2O5.ClH/c1-28-17-14-20(29-2)9-11-21(17,12-10-20)16-7-5-15(6-8-16)19(25)24-18(22(26)27)4-3-13-23;/h5-8,17-18,26-27H,3-4,9-14,23H2,1-2H3,(H,24,25);1H/t17?,18-,20?,21?;/m0./s1. The minimum absolute atomic E-state index is 0. The third-order valence-electron chi connectivity index (χ3n) is 7.06. The Bertz CT molecular complexity index is 695. The van der Waals surface area contributed by atoms with E-state index in [0.29, 0.717) is 24.9 Å². The molecule has 1 amide bonds. The van der Waals surface area contributed by atoms with Gasteiger partial charge in [-0.15, -0.1) is 12.4 Å². The second kappa shape index (κ2) is 10.4. The Morgan fingerprint density at radius 1 is 1.23 bits per heavy atom. The van der Waals surface area contributed by atoms with Crippen molar-refractivity contribution in [3.8, 4) is 0 Å². The van der Waals surface area contributed by atoms with Gasteiger partial charge in [-0.2, -0.15) is 0 Å². The molecule has 2 bridgehead atoms. The predicted octanol–water partition coefficient (Wildman–Crippen LogP) is 1.57. The zero-order valence-corrected chi connectivity index (χ0v) is 18.6. The van der Waals surface area contributed by atoms with E-state index in [1.165, 1.54) is 5.56 Å². The topological polar surface area (TPSA) is 114 Å². The van der Waals surface area contributed by atoms with E-state index in [4.69, 9.17) is 15.2 Å². The molecule has 2 atom stereocenters. The highest BCUT2D eigenvalue weighted by Gasteiger charge is 2.55. The molecule has 1 aromatic rings. The van der Waals surface area contributed by atoms with Crippen molar-refractivity contribution in [1.82, 2.24) is 5.32 Å². The Morgan fingerprint density at radius 2 is 1.87 bits per heavy atom. The lowest BCUT2D eigenvalue weighted by atomic mass is 9.54. The Hall–Kier alpha value is -1.16. The Morgan fingerprint density at radius 3 is 2.37 bits per heavy atom. The van der Waals surface area contributed by atoms with Crippen molar-refractivity contribution in [2.75, 3.05) is 20.8 Å². The van der Waals surface area contributed by atoms with Crippen molar-refractivity contribution in [3.63, 3.8) is 0 Å².